The summed E-state index contributed by atoms with van der Waals surface area (Å²) < 4.78 is 6.34. The van der Waals surface area contributed by atoms with Crippen LogP contribution in [-0.4, -0.2) is 58.5 Å². The van der Waals surface area contributed by atoms with E-state index in [1.807, 2.05) is 35.2 Å². The van der Waals surface area contributed by atoms with E-state index in [4.69, 9.17) is 9.72 Å². The standard InChI is InChI=1S/C23H31N3O2/c1-16(2)25-14-12-19(15-25)28-21-9-6-8-18-10-11-20(24-22(18)21)23(27)26-13-5-4-7-17(26)3/h6,8-11,16-17,19H,4-5,7,12-15H2,1-3H3. The molecule has 150 valence electrons. The van der Waals surface area contributed by atoms with Gasteiger partial charge in [0.2, 0.25) is 0 Å². The van der Waals surface area contributed by atoms with Crippen LogP contribution in [0.2, 0.25) is 0 Å². The normalized spacial score (nSPS) is 23.5. The first-order valence-corrected chi connectivity index (χ1v) is 10.6. The van der Waals surface area contributed by atoms with E-state index in [0.29, 0.717) is 11.7 Å². The SMILES string of the molecule is CC(C)N1CCC(Oc2cccc3ccc(C(=O)N4CCCCC4C)nc23)C1. The van der Waals surface area contributed by atoms with Crippen LogP contribution in [0.3, 0.4) is 0 Å². The van der Waals surface area contributed by atoms with Crippen molar-refractivity contribution in [3.05, 3.63) is 36.0 Å². The maximum absolute atomic E-state index is 13.0. The maximum atomic E-state index is 13.0. The Labute approximate surface area is 167 Å². The van der Waals surface area contributed by atoms with Crippen molar-refractivity contribution in [1.82, 2.24) is 14.8 Å². The zero-order chi connectivity index (χ0) is 19.7. The van der Waals surface area contributed by atoms with Gasteiger partial charge in [0.1, 0.15) is 23.1 Å². The highest BCUT2D eigenvalue weighted by Crippen LogP contribution is 2.28. The quantitative estimate of drug-likeness (QED) is 0.799. The summed E-state index contributed by atoms with van der Waals surface area (Å²) in [5, 5.41) is 1.01. The number of carbonyl (C=O) groups is 1. The number of rotatable bonds is 4. The van der Waals surface area contributed by atoms with E-state index in [2.05, 4.69) is 25.7 Å². The minimum Gasteiger partial charge on any atom is -0.487 e. The summed E-state index contributed by atoms with van der Waals surface area (Å²) in [7, 11) is 0. The Morgan fingerprint density at radius 2 is 2.00 bits per heavy atom. The Morgan fingerprint density at radius 3 is 2.75 bits per heavy atom. The molecule has 3 heterocycles. The van der Waals surface area contributed by atoms with Crippen LogP contribution in [0.1, 0.15) is 56.9 Å². The molecule has 0 radical (unpaired) electrons. The molecule has 0 bridgehead atoms. The summed E-state index contributed by atoms with van der Waals surface area (Å²) >= 11 is 0. The lowest BCUT2D eigenvalue weighted by Crippen LogP contribution is -2.42. The molecule has 0 N–H and O–H groups in total. The number of benzene rings is 1. The highest BCUT2D eigenvalue weighted by molar-refractivity contribution is 5.96. The van der Waals surface area contributed by atoms with Crippen LogP contribution in [-0.2, 0) is 0 Å². The first-order valence-electron chi connectivity index (χ1n) is 10.6. The van der Waals surface area contributed by atoms with Gasteiger partial charge in [0.05, 0.1) is 0 Å². The Morgan fingerprint density at radius 1 is 1.14 bits per heavy atom. The summed E-state index contributed by atoms with van der Waals surface area (Å²) in [6.45, 7) is 9.41. The van der Waals surface area contributed by atoms with Crippen molar-refractivity contribution in [1.29, 1.82) is 0 Å². The van der Waals surface area contributed by atoms with Gasteiger partial charge in [-0.1, -0.05) is 18.2 Å². The predicted octanol–water partition coefficient (Wildman–Crippen LogP) is 4.11. The Balaban J connectivity index is 1.58. The van der Waals surface area contributed by atoms with Crippen LogP contribution in [0, 0.1) is 0 Å². The minimum atomic E-state index is 0.0377. The number of amides is 1. The van der Waals surface area contributed by atoms with Gasteiger partial charge in [0.15, 0.2) is 0 Å². The molecule has 5 heteroatoms. The zero-order valence-electron chi connectivity index (χ0n) is 17.2. The van der Waals surface area contributed by atoms with Crippen molar-refractivity contribution in [2.24, 2.45) is 0 Å². The summed E-state index contributed by atoms with van der Waals surface area (Å²) in [6.07, 6.45) is 4.55. The number of fused-ring (bicyclic) bond motifs is 1. The van der Waals surface area contributed by atoms with E-state index in [1.54, 1.807) is 0 Å². The fourth-order valence-corrected chi connectivity index (χ4v) is 4.38. The van der Waals surface area contributed by atoms with Crippen LogP contribution in [0.5, 0.6) is 5.75 Å². The van der Waals surface area contributed by atoms with Gasteiger partial charge in [-0.15, -0.1) is 0 Å². The van der Waals surface area contributed by atoms with E-state index in [9.17, 15) is 4.79 Å². The molecule has 28 heavy (non-hydrogen) atoms. The second kappa shape index (κ2) is 8.08. The van der Waals surface area contributed by atoms with Crippen LogP contribution in [0.15, 0.2) is 30.3 Å². The summed E-state index contributed by atoms with van der Waals surface area (Å²) in [5.41, 5.74) is 1.31. The molecule has 0 spiro atoms. The molecule has 1 aromatic heterocycles. The number of aromatic nitrogens is 1. The Hall–Kier alpha value is -2.14. The van der Waals surface area contributed by atoms with E-state index in [1.165, 1.54) is 6.42 Å². The summed E-state index contributed by atoms with van der Waals surface area (Å²) in [6, 6.07) is 10.7. The van der Waals surface area contributed by atoms with Gasteiger partial charge in [-0.2, -0.15) is 0 Å². The lowest BCUT2D eigenvalue weighted by Gasteiger charge is -2.33. The highest BCUT2D eigenvalue weighted by Gasteiger charge is 2.27. The van der Waals surface area contributed by atoms with Crippen LogP contribution in [0.25, 0.3) is 10.9 Å². The molecule has 5 nitrogen and oxygen atoms in total. The van der Waals surface area contributed by atoms with Crippen molar-refractivity contribution in [3.8, 4) is 5.75 Å². The average Bonchev–Trinajstić information content (AvgIpc) is 3.17. The molecule has 2 aliphatic heterocycles. The summed E-state index contributed by atoms with van der Waals surface area (Å²) in [5.74, 6) is 0.824. The molecule has 1 amide bonds. The number of hydrogen-bond acceptors (Lipinski definition) is 4. The topological polar surface area (TPSA) is 45.7 Å². The molecule has 2 aromatic rings. The van der Waals surface area contributed by atoms with Gasteiger partial charge < -0.3 is 9.64 Å². The molecular formula is C23H31N3O2. The fourth-order valence-electron chi connectivity index (χ4n) is 4.38. The second-order valence-electron chi connectivity index (χ2n) is 8.48. The third-order valence-electron chi connectivity index (χ3n) is 6.17. The Kier molecular flexibility index (Phi) is 5.54. The van der Waals surface area contributed by atoms with Crippen molar-refractivity contribution < 1.29 is 9.53 Å². The van der Waals surface area contributed by atoms with E-state index in [0.717, 1.165) is 55.5 Å². The number of ether oxygens (including phenoxy) is 1. The maximum Gasteiger partial charge on any atom is 0.272 e. The second-order valence-corrected chi connectivity index (χ2v) is 8.48. The van der Waals surface area contributed by atoms with Crippen LogP contribution < -0.4 is 4.74 Å². The van der Waals surface area contributed by atoms with E-state index >= 15 is 0 Å². The van der Waals surface area contributed by atoms with Gasteiger partial charge >= 0.3 is 0 Å². The molecular weight excluding hydrogens is 350 g/mol. The smallest absolute Gasteiger partial charge is 0.272 e. The first kappa shape index (κ1) is 19.2. The third kappa shape index (κ3) is 3.86. The van der Waals surface area contributed by atoms with Gasteiger partial charge in [-0.25, -0.2) is 4.98 Å². The van der Waals surface area contributed by atoms with Gasteiger partial charge in [0, 0.05) is 37.1 Å². The largest absolute Gasteiger partial charge is 0.487 e. The molecule has 0 saturated carbocycles. The van der Waals surface area contributed by atoms with Crippen molar-refractivity contribution in [3.63, 3.8) is 0 Å². The monoisotopic (exact) mass is 381 g/mol. The van der Waals surface area contributed by atoms with Gasteiger partial charge in [0.25, 0.3) is 5.91 Å². The van der Waals surface area contributed by atoms with Crippen molar-refractivity contribution >= 4 is 16.8 Å². The third-order valence-corrected chi connectivity index (χ3v) is 6.17. The first-order chi connectivity index (χ1) is 13.5. The molecule has 2 fully saturated rings. The molecule has 2 aliphatic rings. The molecule has 0 aliphatic carbocycles. The van der Waals surface area contributed by atoms with Crippen LogP contribution >= 0.6 is 0 Å². The molecule has 1 aromatic carbocycles. The number of pyridine rings is 1. The van der Waals surface area contributed by atoms with Gasteiger partial charge in [-0.05, 0) is 58.6 Å². The highest BCUT2D eigenvalue weighted by atomic mass is 16.5. The summed E-state index contributed by atoms with van der Waals surface area (Å²) in [4.78, 5) is 22.2. The molecule has 2 atom stereocenters. The Bertz CT molecular complexity index is 851. The number of hydrogen-bond donors (Lipinski definition) is 0. The van der Waals surface area contributed by atoms with E-state index in [-0.39, 0.29) is 18.1 Å². The number of para-hydroxylation sites is 1. The lowest BCUT2D eigenvalue weighted by atomic mass is 10.0. The van der Waals surface area contributed by atoms with Crippen molar-refractivity contribution in [2.75, 3.05) is 19.6 Å². The number of nitrogens with zero attached hydrogens (tertiary/aromatic N) is 3. The number of piperidine rings is 1. The number of likely N-dealkylation sites (tertiary alicyclic amines) is 2. The van der Waals surface area contributed by atoms with E-state index < -0.39 is 0 Å². The lowest BCUT2D eigenvalue weighted by molar-refractivity contribution is 0.0630. The molecule has 4 rings (SSSR count). The average molecular weight is 382 g/mol. The van der Waals surface area contributed by atoms with Gasteiger partial charge in [-0.3, -0.25) is 9.69 Å². The van der Waals surface area contributed by atoms with Crippen molar-refractivity contribution in [2.45, 2.75) is 64.6 Å². The zero-order valence-corrected chi connectivity index (χ0v) is 17.2. The minimum absolute atomic E-state index is 0.0377. The predicted molar refractivity (Wildman–Crippen MR) is 112 cm³/mol. The fraction of sp³-hybridized carbons (Fsp3) is 0.565. The number of carbonyl (C=O) groups excluding carboxylic acids is 1. The van der Waals surface area contributed by atoms with Crippen LogP contribution in [0.4, 0.5) is 0 Å². The molecule has 2 saturated heterocycles. The molecule has 2 unspecified atom stereocenters.